The summed E-state index contributed by atoms with van der Waals surface area (Å²) in [5, 5.41) is 19.7. The first-order chi connectivity index (χ1) is 15.4. The Morgan fingerprint density at radius 3 is 2.84 bits per heavy atom. The van der Waals surface area contributed by atoms with Crippen molar-refractivity contribution in [3.8, 4) is 0 Å². The van der Waals surface area contributed by atoms with Crippen LogP contribution in [0.25, 0.3) is 10.9 Å². The van der Waals surface area contributed by atoms with Crippen molar-refractivity contribution in [1.29, 1.82) is 5.41 Å². The van der Waals surface area contributed by atoms with E-state index in [1.54, 1.807) is 7.05 Å². The minimum absolute atomic E-state index is 0.0531. The molecule has 2 aliphatic carbocycles. The van der Waals surface area contributed by atoms with Gasteiger partial charge in [-0.15, -0.1) is 0 Å². The van der Waals surface area contributed by atoms with E-state index in [2.05, 4.69) is 46.5 Å². The van der Waals surface area contributed by atoms with Gasteiger partial charge in [-0.05, 0) is 79.7 Å². The second-order valence-electron chi connectivity index (χ2n) is 9.96. The number of nitrogen functional groups attached to an aromatic ring is 1. The Morgan fingerprint density at radius 2 is 2.09 bits per heavy atom. The molecule has 166 valence electrons. The van der Waals surface area contributed by atoms with Crippen molar-refractivity contribution in [2.45, 2.75) is 37.6 Å². The lowest BCUT2D eigenvalue weighted by Gasteiger charge is -2.55. The van der Waals surface area contributed by atoms with Crippen LogP contribution in [0.5, 0.6) is 0 Å². The van der Waals surface area contributed by atoms with Crippen LogP contribution < -0.4 is 16.0 Å². The Labute approximate surface area is 186 Å². The number of fused-ring (bicyclic) bond motifs is 9. The van der Waals surface area contributed by atoms with E-state index in [0.29, 0.717) is 34.6 Å². The Bertz CT molecular complexity index is 1260. The van der Waals surface area contributed by atoms with Gasteiger partial charge in [0.05, 0.1) is 17.3 Å². The number of rotatable bonds is 3. The molecule has 32 heavy (non-hydrogen) atoms. The van der Waals surface area contributed by atoms with Gasteiger partial charge in [0.25, 0.3) is 0 Å². The maximum atomic E-state index is 15.8. The molecule has 5 atom stereocenters. The van der Waals surface area contributed by atoms with Crippen molar-refractivity contribution < 1.29 is 4.39 Å². The zero-order valence-corrected chi connectivity index (χ0v) is 18.7. The van der Waals surface area contributed by atoms with Crippen molar-refractivity contribution in [2.75, 3.05) is 24.3 Å². The number of H-pyrrole nitrogens is 1. The summed E-state index contributed by atoms with van der Waals surface area (Å²) in [5.74, 6) is 1.52. The summed E-state index contributed by atoms with van der Waals surface area (Å²) < 4.78 is 15.8. The molecule has 0 radical (unpaired) electrons. The highest BCUT2D eigenvalue weighted by Crippen LogP contribution is 2.67. The zero-order valence-electron chi connectivity index (χ0n) is 18.7. The minimum Gasteiger partial charge on any atom is -0.387 e. The van der Waals surface area contributed by atoms with E-state index in [0.717, 1.165) is 11.2 Å². The van der Waals surface area contributed by atoms with Crippen molar-refractivity contribution in [1.82, 2.24) is 10.2 Å². The molecule has 1 aliphatic heterocycles. The summed E-state index contributed by atoms with van der Waals surface area (Å²) in [6.07, 6.45) is 5.58. The van der Waals surface area contributed by atoms with Crippen molar-refractivity contribution in [3.63, 3.8) is 0 Å². The number of amidine groups is 1. The van der Waals surface area contributed by atoms with Crippen molar-refractivity contribution in [2.24, 2.45) is 23.5 Å². The fraction of sp³-hybridized carbons (Fsp3) is 0.440. The minimum atomic E-state index is -0.546. The van der Waals surface area contributed by atoms with E-state index in [1.165, 1.54) is 36.3 Å². The number of anilines is 2. The van der Waals surface area contributed by atoms with Gasteiger partial charge in [-0.1, -0.05) is 0 Å². The van der Waals surface area contributed by atoms with Crippen LogP contribution in [0, 0.1) is 29.0 Å². The molecule has 1 aromatic heterocycles. The third-order valence-corrected chi connectivity index (χ3v) is 8.81. The average molecular weight is 433 g/mol. The van der Waals surface area contributed by atoms with Gasteiger partial charge < -0.3 is 16.0 Å². The Balaban J connectivity index is 1.64. The first kappa shape index (κ1) is 19.6. The van der Waals surface area contributed by atoms with Crippen LogP contribution in [0.3, 0.4) is 0 Å². The lowest BCUT2D eigenvalue weighted by molar-refractivity contribution is 0.154. The SMILES string of the molecule is CNc1cc(F)c([C@@]2(C)[C@@H]3C4CCC(C4)[C@@H]3c3c(ccc4[nH]ncc34)N2C)cc1C(=N)N. The largest absolute Gasteiger partial charge is 0.387 e. The third kappa shape index (κ3) is 2.29. The van der Waals surface area contributed by atoms with Crippen LogP contribution in [0.4, 0.5) is 15.8 Å². The zero-order chi connectivity index (χ0) is 22.4. The summed E-state index contributed by atoms with van der Waals surface area (Å²) >= 11 is 0. The molecule has 0 spiro atoms. The average Bonchev–Trinajstić information content (AvgIpc) is 3.52. The molecule has 0 amide bonds. The number of halogens is 1. The molecular formula is C25H29FN6. The number of hydrogen-bond donors (Lipinski definition) is 4. The maximum absolute atomic E-state index is 15.8. The molecule has 6 rings (SSSR count). The van der Waals surface area contributed by atoms with Crippen LogP contribution in [0.15, 0.2) is 30.5 Å². The molecule has 3 aromatic rings. The standard InChI is InChI=1S/C25H29FN6/c1-25(16-9-14(24(27)28)19(29-2)10-17(16)26)23-13-5-4-12(8-13)21(23)22-15-11-30-31-18(15)6-7-20(22)32(25)3/h6-7,9-13,21,23,29H,4-5,8H2,1-3H3,(H3,27,28)(H,30,31)/t12?,13?,21-,23-,25+/m1/s1. The number of aromatic nitrogens is 2. The second-order valence-corrected chi connectivity index (χ2v) is 9.96. The number of benzene rings is 2. The summed E-state index contributed by atoms with van der Waals surface area (Å²) in [4.78, 5) is 2.28. The quantitative estimate of drug-likeness (QED) is 0.362. The van der Waals surface area contributed by atoms with E-state index in [1.807, 2.05) is 12.3 Å². The highest BCUT2D eigenvalue weighted by Gasteiger charge is 2.61. The number of nitrogens with two attached hydrogens (primary N) is 1. The van der Waals surface area contributed by atoms with Gasteiger partial charge in [0.1, 0.15) is 11.7 Å². The summed E-state index contributed by atoms with van der Waals surface area (Å²) in [6.45, 7) is 2.19. The molecule has 6 nitrogen and oxygen atoms in total. The molecule has 2 bridgehead atoms. The van der Waals surface area contributed by atoms with E-state index in [4.69, 9.17) is 11.1 Å². The number of aromatic amines is 1. The van der Waals surface area contributed by atoms with Gasteiger partial charge in [0, 0.05) is 42.0 Å². The summed E-state index contributed by atoms with van der Waals surface area (Å²) in [6, 6.07) is 7.54. The van der Waals surface area contributed by atoms with Gasteiger partial charge >= 0.3 is 0 Å². The first-order valence-electron chi connectivity index (χ1n) is 11.4. The lowest BCUT2D eigenvalue weighted by atomic mass is 9.60. The van der Waals surface area contributed by atoms with E-state index in [-0.39, 0.29) is 17.6 Å². The van der Waals surface area contributed by atoms with Crippen LogP contribution in [0.1, 0.15) is 48.8 Å². The lowest BCUT2D eigenvalue weighted by Crippen LogP contribution is -2.55. The van der Waals surface area contributed by atoms with Crippen LogP contribution in [0.2, 0.25) is 0 Å². The summed E-state index contributed by atoms with van der Waals surface area (Å²) in [5.41, 5.74) is 10.7. The smallest absolute Gasteiger partial charge is 0.130 e. The fourth-order valence-corrected chi connectivity index (χ4v) is 7.41. The van der Waals surface area contributed by atoms with Gasteiger partial charge in [-0.3, -0.25) is 10.5 Å². The molecular weight excluding hydrogens is 403 g/mol. The monoisotopic (exact) mass is 432 g/mol. The van der Waals surface area contributed by atoms with Gasteiger partial charge in [-0.25, -0.2) is 4.39 Å². The Morgan fingerprint density at radius 1 is 1.31 bits per heavy atom. The topological polar surface area (TPSA) is 93.8 Å². The third-order valence-electron chi connectivity index (χ3n) is 8.81. The maximum Gasteiger partial charge on any atom is 0.130 e. The number of nitrogens with zero attached hydrogens (tertiary/aromatic N) is 2. The number of nitrogens with one attached hydrogen (secondary N) is 3. The Kier molecular flexibility index (Phi) is 3.96. The van der Waals surface area contributed by atoms with Crippen molar-refractivity contribution in [3.05, 3.63) is 53.0 Å². The molecule has 2 saturated carbocycles. The van der Waals surface area contributed by atoms with Crippen molar-refractivity contribution >= 4 is 28.1 Å². The first-order valence-corrected chi connectivity index (χ1v) is 11.4. The second kappa shape index (κ2) is 6.47. The molecule has 2 unspecified atom stereocenters. The molecule has 7 heteroatoms. The molecule has 3 aliphatic rings. The van der Waals surface area contributed by atoms with Gasteiger partial charge in [0.15, 0.2) is 0 Å². The molecule has 2 aromatic carbocycles. The van der Waals surface area contributed by atoms with Crippen LogP contribution in [-0.2, 0) is 5.54 Å². The van der Waals surface area contributed by atoms with E-state index >= 15 is 4.39 Å². The molecule has 0 saturated heterocycles. The Hall–Kier alpha value is -3.09. The van der Waals surface area contributed by atoms with Gasteiger partial charge in [-0.2, -0.15) is 5.10 Å². The predicted molar refractivity (Wildman–Crippen MR) is 126 cm³/mol. The normalized spacial score (nSPS) is 30.4. The molecule has 2 fully saturated rings. The number of hydrogen-bond acceptors (Lipinski definition) is 4. The predicted octanol–water partition coefficient (Wildman–Crippen LogP) is 4.52. The van der Waals surface area contributed by atoms with Crippen LogP contribution >= 0.6 is 0 Å². The molecule has 5 N–H and O–H groups in total. The highest BCUT2D eigenvalue weighted by molar-refractivity contribution is 6.00. The van der Waals surface area contributed by atoms with Crippen LogP contribution in [-0.4, -0.2) is 30.1 Å². The summed E-state index contributed by atoms with van der Waals surface area (Å²) in [7, 11) is 3.82. The molecule has 2 heterocycles. The highest BCUT2D eigenvalue weighted by atomic mass is 19.1. The fourth-order valence-electron chi connectivity index (χ4n) is 7.41. The van der Waals surface area contributed by atoms with E-state index in [9.17, 15) is 0 Å². The van der Waals surface area contributed by atoms with Gasteiger partial charge in [0.2, 0.25) is 0 Å². The van der Waals surface area contributed by atoms with E-state index < -0.39 is 5.54 Å².